The minimum absolute atomic E-state index is 0.0226. The first-order valence-electron chi connectivity index (χ1n) is 4.65. The van der Waals surface area contributed by atoms with Gasteiger partial charge in [0.05, 0.1) is 6.54 Å². The number of anilines is 1. The second-order valence-corrected chi connectivity index (χ2v) is 4.53. The third-order valence-corrected chi connectivity index (χ3v) is 3.01. The largest absolute Gasteiger partial charge is 0.477 e. The molecule has 0 unspecified atom stereocenters. The number of nitrogens with zero attached hydrogens (tertiary/aromatic N) is 2. The fourth-order valence-corrected chi connectivity index (χ4v) is 1.86. The Morgan fingerprint density at radius 2 is 2.00 bits per heavy atom. The molecule has 0 aromatic carbocycles. The van der Waals surface area contributed by atoms with E-state index in [9.17, 15) is 9.59 Å². The van der Waals surface area contributed by atoms with E-state index in [1.807, 2.05) is 0 Å². The highest BCUT2D eigenvalue weighted by Gasteiger charge is 2.13. The Bertz CT molecular complexity index is 401. The highest BCUT2D eigenvalue weighted by atomic mass is 32.1. The molecule has 5 nitrogen and oxygen atoms in total. The van der Waals surface area contributed by atoms with Crippen molar-refractivity contribution in [2.45, 2.75) is 0 Å². The van der Waals surface area contributed by atoms with Crippen LogP contribution in [0.15, 0.2) is 11.4 Å². The maximum atomic E-state index is 11.4. The van der Waals surface area contributed by atoms with E-state index in [0.717, 1.165) is 17.0 Å². The highest BCUT2D eigenvalue weighted by Crippen LogP contribution is 2.22. The van der Waals surface area contributed by atoms with Gasteiger partial charge in [-0.3, -0.25) is 4.79 Å². The van der Waals surface area contributed by atoms with Crippen molar-refractivity contribution in [1.29, 1.82) is 0 Å². The van der Waals surface area contributed by atoms with Crippen LogP contribution in [0.25, 0.3) is 0 Å². The Balaban J connectivity index is 2.69. The molecule has 0 spiro atoms. The van der Waals surface area contributed by atoms with Gasteiger partial charge in [-0.05, 0) is 6.07 Å². The molecule has 0 atom stereocenters. The van der Waals surface area contributed by atoms with E-state index in [2.05, 4.69) is 0 Å². The van der Waals surface area contributed by atoms with E-state index in [0.29, 0.717) is 0 Å². The quantitative estimate of drug-likeness (QED) is 0.854. The topological polar surface area (TPSA) is 60.9 Å². The molecule has 6 heteroatoms. The normalized spacial score (nSPS) is 9.94. The first kappa shape index (κ1) is 12.5. The molecular formula is C10H14N2O3S. The lowest BCUT2D eigenvalue weighted by molar-refractivity contribution is -0.127. The number of hydrogen-bond acceptors (Lipinski definition) is 4. The number of rotatable bonds is 4. The molecule has 0 saturated carbocycles. The number of thiophene rings is 1. The molecule has 0 radical (unpaired) electrons. The number of hydrogen-bond donors (Lipinski definition) is 1. The van der Waals surface area contributed by atoms with Crippen molar-refractivity contribution in [2.24, 2.45) is 0 Å². The van der Waals surface area contributed by atoms with E-state index in [4.69, 9.17) is 5.11 Å². The van der Waals surface area contributed by atoms with E-state index >= 15 is 0 Å². The lowest BCUT2D eigenvalue weighted by Crippen LogP contribution is -2.34. The van der Waals surface area contributed by atoms with Crippen LogP contribution >= 0.6 is 11.3 Å². The predicted molar refractivity (Wildman–Crippen MR) is 63.2 cm³/mol. The highest BCUT2D eigenvalue weighted by molar-refractivity contribution is 7.12. The third-order valence-electron chi connectivity index (χ3n) is 2.11. The first-order chi connectivity index (χ1) is 7.41. The van der Waals surface area contributed by atoms with Gasteiger partial charge in [0.2, 0.25) is 5.91 Å². The van der Waals surface area contributed by atoms with Crippen LogP contribution < -0.4 is 4.90 Å². The van der Waals surface area contributed by atoms with Gasteiger partial charge in [-0.2, -0.15) is 0 Å². The van der Waals surface area contributed by atoms with Gasteiger partial charge in [0, 0.05) is 32.2 Å². The minimum atomic E-state index is -0.941. The van der Waals surface area contributed by atoms with Crippen LogP contribution in [-0.2, 0) is 4.79 Å². The molecule has 1 amide bonds. The number of likely N-dealkylation sites (N-methyl/N-ethyl adjacent to an activating group) is 2. The van der Waals surface area contributed by atoms with Crippen molar-refractivity contribution >= 4 is 28.9 Å². The summed E-state index contributed by atoms with van der Waals surface area (Å²) in [5.41, 5.74) is 0.748. The fourth-order valence-electron chi connectivity index (χ4n) is 1.07. The Morgan fingerprint density at radius 1 is 1.38 bits per heavy atom. The summed E-state index contributed by atoms with van der Waals surface area (Å²) in [6, 6.07) is 1.57. The van der Waals surface area contributed by atoms with Crippen LogP contribution in [0.1, 0.15) is 9.67 Å². The Kier molecular flexibility index (Phi) is 3.89. The molecule has 0 bridgehead atoms. The second kappa shape index (κ2) is 4.98. The molecule has 1 rings (SSSR count). The standard InChI is InChI=1S/C10H14N2O3S/c1-11(2)9(13)5-12(3)7-4-8(10(14)15)16-6-7/h4,6H,5H2,1-3H3,(H,14,15). The maximum absolute atomic E-state index is 11.4. The van der Waals surface area contributed by atoms with Crippen LogP contribution in [0.4, 0.5) is 5.69 Å². The van der Waals surface area contributed by atoms with Gasteiger partial charge in [-0.15, -0.1) is 11.3 Å². The summed E-state index contributed by atoms with van der Waals surface area (Å²) in [5.74, 6) is -0.964. The molecule has 1 aromatic heterocycles. The summed E-state index contributed by atoms with van der Waals surface area (Å²) in [4.78, 5) is 25.6. The smallest absolute Gasteiger partial charge is 0.345 e. The van der Waals surface area contributed by atoms with Crippen LogP contribution in [-0.4, -0.2) is 49.6 Å². The molecule has 16 heavy (non-hydrogen) atoms. The van der Waals surface area contributed by atoms with E-state index in [-0.39, 0.29) is 17.3 Å². The summed E-state index contributed by atoms with van der Waals surface area (Å²) in [7, 11) is 5.13. The number of carbonyl (C=O) groups excluding carboxylic acids is 1. The van der Waals surface area contributed by atoms with Crippen LogP contribution in [0.5, 0.6) is 0 Å². The van der Waals surface area contributed by atoms with Crippen molar-refractivity contribution in [3.8, 4) is 0 Å². The number of aromatic carboxylic acids is 1. The Labute approximate surface area is 97.9 Å². The van der Waals surface area contributed by atoms with Gasteiger partial charge >= 0.3 is 5.97 Å². The van der Waals surface area contributed by atoms with E-state index < -0.39 is 5.97 Å². The number of carboxylic acid groups (broad SMARTS) is 1. The van der Waals surface area contributed by atoms with Crippen molar-refractivity contribution in [2.75, 3.05) is 32.6 Å². The van der Waals surface area contributed by atoms with Gasteiger partial charge in [0.1, 0.15) is 4.88 Å². The van der Waals surface area contributed by atoms with Gasteiger partial charge in [0.15, 0.2) is 0 Å². The molecule has 0 aliphatic rings. The van der Waals surface area contributed by atoms with Crippen molar-refractivity contribution in [3.63, 3.8) is 0 Å². The van der Waals surface area contributed by atoms with Crippen molar-refractivity contribution in [3.05, 3.63) is 16.3 Å². The average Bonchev–Trinajstić information content (AvgIpc) is 2.65. The average molecular weight is 242 g/mol. The van der Waals surface area contributed by atoms with Gasteiger partial charge < -0.3 is 14.9 Å². The lowest BCUT2D eigenvalue weighted by Gasteiger charge is -2.19. The Morgan fingerprint density at radius 3 is 2.44 bits per heavy atom. The summed E-state index contributed by atoms with van der Waals surface area (Å²) < 4.78 is 0. The van der Waals surface area contributed by atoms with Crippen molar-refractivity contribution in [1.82, 2.24) is 4.90 Å². The fraction of sp³-hybridized carbons (Fsp3) is 0.400. The Hall–Kier alpha value is -1.56. The third kappa shape index (κ3) is 2.96. The zero-order chi connectivity index (χ0) is 12.3. The SMILES string of the molecule is CN(C)C(=O)CN(C)c1csc(C(=O)O)c1. The first-order valence-corrected chi connectivity index (χ1v) is 5.53. The number of amides is 1. The summed E-state index contributed by atoms with van der Waals surface area (Å²) in [5, 5.41) is 10.5. The molecule has 88 valence electrons. The lowest BCUT2D eigenvalue weighted by atomic mass is 10.4. The zero-order valence-electron chi connectivity index (χ0n) is 9.43. The zero-order valence-corrected chi connectivity index (χ0v) is 10.2. The van der Waals surface area contributed by atoms with Crippen molar-refractivity contribution < 1.29 is 14.7 Å². The minimum Gasteiger partial charge on any atom is -0.477 e. The number of carboxylic acids is 1. The summed E-state index contributed by atoms with van der Waals surface area (Å²) >= 11 is 1.16. The molecule has 1 N–H and O–H groups in total. The van der Waals surface area contributed by atoms with Crippen LogP contribution in [0.2, 0.25) is 0 Å². The van der Waals surface area contributed by atoms with Crippen LogP contribution in [0.3, 0.4) is 0 Å². The van der Waals surface area contributed by atoms with Gasteiger partial charge in [0.25, 0.3) is 0 Å². The van der Waals surface area contributed by atoms with E-state index in [1.165, 1.54) is 4.90 Å². The maximum Gasteiger partial charge on any atom is 0.345 e. The summed E-state index contributed by atoms with van der Waals surface area (Å²) in [6.45, 7) is 0.239. The predicted octanol–water partition coefficient (Wildman–Crippen LogP) is 0.971. The monoisotopic (exact) mass is 242 g/mol. The van der Waals surface area contributed by atoms with E-state index in [1.54, 1.807) is 37.5 Å². The molecule has 1 heterocycles. The van der Waals surface area contributed by atoms with Gasteiger partial charge in [-0.1, -0.05) is 0 Å². The number of carbonyl (C=O) groups is 2. The molecule has 1 aromatic rings. The second-order valence-electron chi connectivity index (χ2n) is 3.62. The molecular weight excluding hydrogens is 228 g/mol. The molecule has 0 aliphatic carbocycles. The summed E-state index contributed by atoms with van der Waals surface area (Å²) in [6.07, 6.45) is 0. The molecule has 0 aliphatic heterocycles. The molecule has 0 fully saturated rings. The van der Waals surface area contributed by atoms with Gasteiger partial charge in [-0.25, -0.2) is 4.79 Å². The van der Waals surface area contributed by atoms with Crippen LogP contribution in [0, 0.1) is 0 Å². The molecule has 0 saturated heterocycles.